The summed E-state index contributed by atoms with van der Waals surface area (Å²) in [6.45, 7) is 3.16. The van der Waals surface area contributed by atoms with Crippen LogP contribution in [0.4, 0.5) is 17.6 Å². The summed E-state index contributed by atoms with van der Waals surface area (Å²) >= 11 is 0. The Morgan fingerprint density at radius 2 is 1.80 bits per heavy atom. The maximum Gasteiger partial charge on any atom is 0.187 e. The van der Waals surface area contributed by atoms with Crippen LogP contribution in [0.5, 0.6) is 0 Å². The van der Waals surface area contributed by atoms with Crippen molar-refractivity contribution >= 4 is 0 Å². The molecule has 2 rings (SSSR count). The maximum absolute atomic E-state index is 13.6. The van der Waals surface area contributed by atoms with Gasteiger partial charge in [-0.25, -0.2) is 22.2 Å². The number of hydrogen-bond donors (Lipinski definition) is 1. The number of nitrogens with one attached hydrogen (secondary N) is 1. The molecule has 0 radical (unpaired) electrons. The van der Waals surface area contributed by atoms with Gasteiger partial charge in [0.05, 0.1) is 5.69 Å². The molecule has 0 saturated heterocycles. The molecule has 1 heterocycles. The first-order valence-electron chi connectivity index (χ1n) is 6.13. The van der Waals surface area contributed by atoms with Crippen molar-refractivity contribution in [3.05, 3.63) is 47.3 Å². The second kappa shape index (κ2) is 6.04. The Labute approximate surface area is 113 Å². The van der Waals surface area contributed by atoms with Gasteiger partial charge in [-0.1, -0.05) is 6.92 Å². The summed E-state index contributed by atoms with van der Waals surface area (Å²) in [6, 6.07) is 1.69. The van der Waals surface area contributed by atoms with Crippen molar-refractivity contribution in [1.82, 2.24) is 15.1 Å². The SMILES string of the molecule is CCCNCc1ccn(-c2c(F)c(F)cc(F)c2F)n1. The first kappa shape index (κ1) is 14.5. The standard InChI is InChI=1S/C13H13F4N3/c1-2-4-18-7-8-3-5-20(19-8)13-11(16)9(14)6-10(15)12(13)17/h3,5-6,18H,2,4,7H2,1H3. The van der Waals surface area contributed by atoms with E-state index in [1.165, 1.54) is 12.3 Å². The highest BCUT2D eigenvalue weighted by Gasteiger charge is 2.21. The predicted octanol–water partition coefficient (Wildman–Crippen LogP) is 2.93. The summed E-state index contributed by atoms with van der Waals surface area (Å²) in [5, 5.41) is 6.95. The van der Waals surface area contributed by atoms with Gasteiger partial charge in [-0.3, -0.25) is 0 Å². The van der Waals surface area contributed by atoms with Gasteiger partial charge in [0.25, 0.3) is 0 Å². The molecule has 0 aliphatic rings. The highest BCUT2D eigenvalue weighted by Crippen LogP contribution is 2.22. The molecule has 2 aromatic rings. The molecular weight excluding hydrogens is 274 g/mol. The van der Waals surface area contributed by atoms with Gasteiger partial charge in [0.1, 0.15) is 5.69 Å². The van der Waals surface area contributed by atoms with Crippen LogP contribution in [0.2, 0.25) is 0 Å². The lowest BCUT2D eigenvalue weighted by molar-refractivity contribution is 0.444. The Hall–Kier alpha value is -1.89. The molecule has 3 nitrogen and oxygen atoms in total. The van der Waals surface area contributed by atoms with Crippen molar-refractivity contribution in [3.8, 4) is 5.69 Å². The molecule has 1 aromatic carbocycles. The van der Waals surface area contributed by atoms with E-state index in [9.17, 15) is 17.6 Å². The Morgan fingerprint density at radius 1 is 1.15 bits per heavy atom. The first-order chi connectivity index (χ1) is 9.54. The molecule has 0 atom stereocenters. The van der Waals surface area contributed by atoms with E-state index in [2.05, 4.69) is 10.4 Å². The topological polar surface area (TPSA) is 29.9 Å². The van der Waals surface area contributed by atoms with Crippen molar-refractivity contribution in [2.24, 2.45) is 0 Å². The van der Waals surface area contributed by atoms with Crippen LogP contribution in [0.25, 0.3) is 5.69 Å². The lowest BCUT2D eigenvalue weighted by Gasteiger charge is -2.06. The van der Waals surface area contributed by atoms with Gasteiger partial charge in [-0.15, -0.1) is 0 Å². The van der Waals surface area contributed by atoms with E-state index in [4.69, 9.17) is 0 Å². The Kier molecular flexibility index (Phi) is 4.39. The molecule has 0 unspecified atom stereocenters. The minimum absolute atomic E-state index is 0.168. The summed E-state index contributed by atoms with van der Waals surface area (Å²) in [7, 11) is 0. The molecule has 20 heavy (non-hydrogen) atoms. The zero-order valence-electron chi connectivity index (χ0n) is 10.8. The summed E-state index contributed by atoms with van der Waals surface area (Å²) in [4.78, 5) is 0. The van der Waals surface area contributed by atoms with Crippen molar-refractivity contribution < 1.29 is 17.6 Å². The Bertz CT molecular complexity index is 584. The van der Waals surface area contributed by atoms with E-state index < -0.39 is 29.0 Å². The zero-order chi connectivity index (χ0) is 14.7. The molecule has 0 fully saturated rings. The summed E-state index contributed by atoms with van der Waals surface area (Å²) < 4.78 is 54.2. The lowest BCUT2D eigenvalue weighted by atomic mass is 10.2. The quantitative estimate of drug-likeness (QED) is 0.520. The van der Waals surface area contributed by atoms with E-state index >= 15 is 0 Å². The van der Waals surface area contributed by atoms with Crippen molar-refractivity contribution in [2.45, 2.75) is 19.9 Å². The van der Waals surface area contributed by atoms with Gasteiger partial charge in [-0.05, 0) is 19.0 Å². The minimum Gasteiger partial charge on any atom is -0.311 e. The van der Waals surface area contributed by atoms with Crippen LogP contribution in [0.15, 0.2) is 18.3 Å². The molecule has 1 N–H and O–H groups in total. The number of hydrogen-bond acceptors (Lipinski definition) is 2. The van der Waals surface area contributed by atoms with Crippen LogP contribution in [0, 0.1) is 23.3 Å². The van der Waals surface area contributed by atoms with Gasteiger partial charge in [0.2, 0.25) is 0 Å². The molecule has 1 aromatic heterocycles. The molecule has 0 saturated carbocycles. The number of halogens is 4. The number of benzene rings is 1. The molecule has 7 heteroatoms. The monoisotopic (exact) mass is 287 g/mol. The second-order valence-electron chi connectivity index (χ2n) is 4.25. The average molecular weight is 287 g/mol. The zero-order valence-corrected chi connectivity index (χ0v) is 10.8. The third kappa shape index (κ3) is 2.82. The normalized spacial score (nSPS) is 11.1. The predicted molar refractivity (Wildman–Crippen MR) is 65.4 cm³/mol. The molecular formula is C13H13F4N3. The van der Waals surface area contributed by atoms with Gasteiger partial charge < -0.3 is 5.32 Å². The molecule has 0 spiro atoms. The fraction of sp³-hybridized carbons (Fsp3) is 0.308. The fourth-order valence-electron chi connectivity index (χ4n) is 1.74. The molecule has 0 amide bonds. The lowest BCUT2D eigenvalue weighted by Crippen LogP contribution is -2.14. The van der Waals surface area contributed by atoms with Crippen LogP contribution >= 0.6 is 0 Å². The molecule has 0 bridgehead atoms. The first-order valence-corrected chi connectivity index (χ1v) is 6.13. The maximum atomic E-state index is 13.6. The highest BCUT2D eigenvalue weighted by atomic mass is 19.2. The van der Waals surface area contributed by atoms with Crippen LogP contribution in [0.1, 0.15) is 19.0 Å². The van der Waals surface area contributed by atoms with E-state index in [-0.39, 0.29) is 6.07 Å². The van der Waals surface area contributed by atoms with Crippen LogP contribution in [0.3, 0.4) is 0 Å². The number of nitrogens with zero attached hydrogens (tertiary/aromatic N) is 2. The van der Waals surface area contributed by atoms with E-state index in [1.807, 2.05) is 6.92 Å². The smallest absolute Gasteiger partial charge is 0.187 e. The van der Waals surface area contributed by atoms with Gasteiger partial charge in [0, 0.05) is 18.8 Å². The summed E-state index contributed by atoms with van der Waals surface area (Å²) in [5.74, 6) is -5.86. The van der Waals surface area contributed by atoms with Crippen molar-refractivity contribution in [3.63, 3.8) is 0 Å². The van der Waals surface area contributed by atoms with Crippen LogP contribution in [-0.4, -0.2) is 16.3 Å². The average Bonchev–Trinajstić information content (AvgIpc) is 2.86. The highest BCUT2D eigenvalue weighted by molar-refractivity contribution is 5.36. The summed E-state index contributed by atoms with van der Waals surface area (Å²) in [6.07, 6.45) is 2.18. The second-order valence-corrected chi connectivity index (χ2v) is 4.25. The van der Waals surface area contributed by atoms with E-state index in [0.717, 1.165) is 17.6 Å². The molecule has 108 valence electrons. The number of aromatic nitrogens is 2. The van der Waals surface area contributed by atoms with Gasteiger partial charge in [-0.2, -0.15) is 5.10 Å². The summed E-state index contributed by atoms with van der Waals surface area (Å²) in [5.41, 5.74) is -0.342. The van der Waals surface area contributed by atoms with Crippen LogP contribution < -0.4 is 5.32 Å². The Morgan fingerprint density at radius 3 is 2.40 bits per heavy atom. The molecule has 0 aliphatic carbocycles. The number of rotatable bonds is 5. The largest absolute Gasteiger partial charge is 0.311 e. The fourth-order valence-corrected chi connectivity index (χ4v) is 1.74. The van der Waals surface area contributed by atoms with Crippen molar-refractivity contribution in [2.75, 3.05) is 6.54 Å². The van der Waals surface area contributed by atoms with E-state index in [0.29, 0.717) is 12.2 Å². The Balaban J connectivity index is 2.33. The van der Waals surface area contributed by atoms with E-state index in [1.54, 1.807) is 0 Å². The molecule has 0 aliphatic heterocycles. The van der Waals surface area contributed by atoms with Crippen molar-refractivity contribution in [1.29, 1.82) is 0 Å². The van der Waals surface area contributed by atoms with Crippen LogP contribution in [-0.2, 0) is 6.54 Å². The van der Waals surface area contributed by atoms with Gasteiger partial charge >= 0.3 is 0 Å². The third-order valence-corrected chi connectivity index (χ3v) is 2.69. The minimum atomic E-state index is -1.47. The third-order valence-electron chi connectivity index (χ3n) is 2.69. The van der Waals surface area contributed by atoms with Gasteiger partial charge in [0.15, 0.2) is 23.3 Å².